The molecule has 1 unspecified atom stereocenters. The first-order valence-corrected chi connectivity index (χ1v) is 7.75. The molecule has 1 heterocycles. The van der Waals surface area contributed by atoms with E-state index in [9.17, 15) is 5.11 Å². The highest BCUT2D eigenvalue weighted by Gasteiger charge is 2.20. The molecule has 1 saturated heterocycles. The molecule has 4 nitrogen and oxygen atoms in total. The molecule has 2 rings (SSSR count). The van der Waals surface area contributed by atoms with Crippen LogP contribution < -0.4 is 4.74 Å². The summed E-state index contributed by atoms with van der Waals surface area (Å²) in [6, 6.07) is 9.21. The summed E-state index contributed by atoms with van der Waals surface area (Å²) in [4.78, 5) is 2.30. The number of piperidine rings is 1. The van der Waals surface area contributed by atoms with E-state index in [0.717, 1.165) is 19.0 Å². The smallest absolute Gasteiger partial charge is 0.137 e. The van der Waals surface area contributed by atoms with Gasteiger partial charge in [0.25, 0.3) is 0 Å². The van der Waals surface area contributed by atoms with Crippen LogP contribution in [0.25, 0.3) is 0 Å². The fourth-order valence-electron chi connectivity index (χ4n) is 2.80. The van der Waals surface area contributed by atoms with E-state index in [4.69, 9.17) is 10.00 Å². The summed E-state index contributed by atoms with van der Waals surface area (Å²) in [6.07, 6.45) is 3.18. The predicted molar refractivity (Wildman–Crippen MR) is 82.1 cm³/mol. The van der Waals surface area contributed by atoms with Crippen LogP contribution >= 0.6 is 0 Å². The van der Waals surface area contributed by atoms with Gasteiger partial charge in [-0.3, -0.25) is 0 Å². The summed E-state index contributed by atoms with van der Waals surface area (Å²) < 4.78 is 5.57. The molecular weight excluding hydrogens is 264 g/mol. The lowest BCUT2D eigenvalue weighted by Gasteiger charge is -2.32. The number of ether oxygens (including phenoxy) is 1. The molecule has 0 spiro atoms. The van der Waals surface area contributed by atoms with Gasteiger partial charge in [-0.25, -0.2) is 0 Å². The van der Waals surface area contributed by atoms with E-state index < -0.39 is 6.10 Å². The molecule has 0 amide bonds. The Balaban J connectivity index is 1.75. The van der Waals surface area contributed by atoms with Crippen LogP contribution in [0.5, 0.6) is 5.75 Å². The van der Waals surface area contributed by atoms with Crippen molar-refractivity contribution < 1.29 is 9.84 Å². The molecule has 1 aromatic carbocycles. The van der Waals surface area contributed by atoms with Crippen LogP contribution in [0.15, 0.2) is 24.3 Å². The minimum absolute atomic E-state index is 0.229. The van der Waals surface area contributed by atoms with Crippen molar-refractivity contribution in [3.63, 3.8) is 0 Å². The highest BCUT2D eigenvalue weighted by molar-refractivity contribution is 5.42. The normalized spacial score (nSPS) is 18.1. The van der Waals surface area contributed by atoms with Gasteiger partial charge in [-0.1, -0.05) is 25.5 Å². The first-order chi connectivity index (χ1) is 10.2. The van der Waals surface area contributed by atoms with Crippen LogP contribution in [-0.2, 0) is 0 Å². The van der Waals surface area contributed by atoms with Gasteiger partial charge in [-0.05, 0) is 44.0 Å². The summed E-state index contributed by atoms with van der Waals surface area (Å²) in [5.41, 5.74) is 0.508. The fourth-order valence-corrected chi connectivity index (χ4v) is 2.80. The number of nitrogens with zero attached hydrogens (tertiary/aromatic N) is 2. The first-order valence-electron chi connectivity index (χ1n) is 7.75. The van der Waals surface area contributed by atoms with Crippen LogP contribution in [0.4, 0.5) is 0 Å². The Bertz CT molecular complexity index is 476. The highest BCUT2D eigenvalue weighted by Crippen LogP contribution is 2.20. The molecule has 1 aliphatic rings. The van der Waals surface area contributed by atoms with Gasteiger partial charge >= 0.3 is 0 Å². The molecule has 21 heavy (non-hydrogen) atoms. The largest absolute Gasteiger partial charge is 0.489 e. The van der Waals surface area contributed by atoms with E-state index >= 15 is 0 Å². The number of β-amino-alcohol motifs (C(OH)–C–C–N with tert-alkyl or cyclic N) is 1. The molecule has 1 N–H and O–H groups in total. The van der Waals surface area contributed by atoms with Gasteiger partial charge in [0.05, 0.1) is 5.56 Å². The Morgan fingerprint density at radius 3 is 2.76 bits per heavy atom. The average Bonchev–Trinajstić information content (AvgIpc) is 2.54. The van der Waals surface area contributed by atoms with Gasteiger partial charge < -0.3 is 14.7 Å². The van der Waals surface area contributed by atoms with E-state index in [1.54, 1.807) is 18.2 Å². The number of nitriles is 1. The van der Waals surface area contributed by atoms with Crippen LogP contribution in [0, 0.1) is 17.2 Å². The molecule has 0 aromatic heterocycles. The third-order valence-electron chi connectivity index (χ3n) is 4.19. The van der Waals surface area contributed by atoms with Crippen molar-refractivity contribution in [3.8, 4) is 11.8 Å². The molecule has 0 bridgehead atoms. The Morgan fingerprint density at radius 1 is 1.38 bits per heavy atom. The number of benzene rings is 1. The molecule has 0 radical (unpaired) electrons. The van der Waals surface area contributed by atoms with E-state index in [0.29, 0.717) is 17.9 Å². The predicted octanol–water partition coefficient (Wildman–Crippen LogP) is 2.42. The van der Waals surface area contributed by atoms with Gasteiger partial charge in [-0.2, -0.15) is 5.26 Å². The van der Waals surface area contributed by atoms with E-state index in [2.05, 4.69) is 17.9 Å². The number of hydrogen-bond donors (Lipinski definition) is 1. The maximum absolute atomic E-state index is 10.1. The van der Waals surface area contributed by atoms with Gasteiger partial charge in [0.2, 0.25) is 0 Å². The Hall–Kier alpha value is -1.57. The van der Waals surface area contributed by atoms with Crippen LogP contribution in [0.2, 0.25) is 0 Å². The lowest BCUT2D eigenvalue weighted by atomic mass is 9.94. The summed E-state index contributed by atoms with van der Waals surface area (Å²) in [5, 5.41) is 19.1. The van der Waals surface area contributed by atoms with E-state index in [1.807, 2.05) is 6.07 Å². The Kier molecular flexibility index (Phi) is 6.04. The second kappa shape index (κ2) is 8.02. The van der Waals surface area contributed by atoms with Gasteiger partial charge in [0, 0.05) is 6.54 Å². The molecule has 0 saturated carbocycles. The molecule has 1 aromatic rings. The third-order valence-corrected chi connectivity index (χ3v) is 4.19. The molecule has 0 aliphatic carbocycles. The minimum Gasteiger partial charge on any atom is -0.489 e. The number of para-hydroxylation sites is 1. The van der Waals surface area contributed by atoms with Crippen LogP contribution in [-0.4, -0.2) is 42.4 Å². The van der Waals surface area contributed by atoms with Crippen molar-refractivity contribution in [1.29, 1.82) is 5.26 Å². The van der Waals surface area contributed by atoms with Crippen molar-refractivity contribution >= 4 is 0 Å². The van der Waals surface area contributed by atoms with Crippen LogP contribution in [0.1, 0.15) is 31.7 Å². The SMILES string of the molecule is CCC1CCN(CC(O)COc2ccccc2C#N)CC1. The van der Waals surface area contributed by atoms with Gasteiger partial charge in [0.1, 0.15) is 24.5 Å². The number of hydrogen-bond acceptors (Lipinski definition) is 4. The van der Waals surface area contributed by atoms with E-state index in [-0.39, 0.29) is 6.61 Å². The highest BCUT2D eigenvalue weighted by atomic mass is 16.5. The fraction of sp³-hybridized carbons (Fsp3) is 0.588. The topological polar surface area (TPSA) is 56.5 Å². The molecule has 1 aliphatic heterocycles. The molecule has 1 atom stereocenters. The van der Waals surface area contributed by atoms with Gasteiger partial charge in [0.15, 0.2) is 0 Å². The third kappa shape index (κ3) is 4.73. The maximum Gasteiger partial charge on any atom is 0.137 e. The number of aliphatic hydroxyl groups is 1. The second-order valence-corrected chi connectivity index (χ2v) is 5.73. The van der Waals surface area contributed by atoms with Crippen molar-refractivity contribution in [2.75, 3.05) is 26.2 Å². The monoisotopic (exact) mass is 288 g/mol. The molecular formula is C17H24N2O2. The van der Waals surface area contributed by atoms with Crippen molar-refractivity contribution in [2.45, 2.75) is 32.3 Å². The summed E-state index contributed by atoms with van der Waals surface area (Å²) >= 11 is 0. The van der Waals surface area contributed by atoms with E-state index in [1.165, 1.54) is 19.3 Å². The first kappa shape index (κ1) is 15.8. The van der Waals surface area contributed by atoms with Crippen molar-refractivity contribution in [3.05, 3.63) is 29.8 Å². The zero-order valence-electron chi connectivity index (χ0n) is 12.7. The molecule has 114 valence electrons. The number of aliphatic hydroxyl groups excluding tert-OH is 1. The van der Waals surface area contributed by atoms with Gasteiger partial charge in [-0.15, -0.1) is 0 Å². The zero-order valence-corrected chi connectivity index (χ0v) is 12.7. The van der Waals surface area contributed by atoms with Crippen LogP contribution in [0.3, 0.4) is 0 Å². The quantitative estimate of drug-likeness (QED) is 0.873. The van der Waals surface area contributed by atoms with Crippen molar-refractivity contribution in [2.24, 2.45) is 5.92 Å². The summed E-state index contributed by atoms with van der Waals surface area (Å²) in [7, 11) is 0. The minimum atomic E-state index is -0.519. The lowest BCUT2D eigenvalue weighted by Crippen LogP contribution is -2.40. The number of likely N-dealkylation sites (tertiary alicyclic amines) is 1. The average molecular weight is 288 g/mol. The number of rotatable bonds is 6. The second-order valence-electron chi connectivity index (χ2n) is 5.73. The molecule has 1 fully saturated rings. The lowest BCUT2D eigenvalue weighted by molar-refractivity contribution is 0.0547. The van der Waals surface area contributed by atoms with Crippen molar-refractivity contribution in [1.82, 2.24) is 4.90 Å². The Labute approximate surface area is 127 Å². The zero-order chi connectivity index (χ0) is 15.1. The Morgan fingerprint density at radius 2 is 2.10 bits per heavy atom. The maximum atomic E-state index is 10.1. The molecule has 4 heteroatoms. The summed E-state index contributed by atoms with van der Waals surface area (Å²) in [6.45, 7) is 5.24. The standard InChI is InChI=1S/C17H24N2O2/c1-2-14-7-9-19(10-8-14)12-16(20)13-21-17-6-4-3-5-15(17)11-18/h3-6,14,16,20H,2,7-10,12-13H2,1H3. The summed E-state index contributed by atoms with van der Waals surface area (Å²) in [5.74, 6) is 1.39.